The average Bonchev–Trinajstić information content (AvgIpc) is 2.03. The summed E-state index contributed by atoms with van der Waals surface area (Å²) in [5.74, 6) is -1.26. The molecule has 6 heteroatoms. The predicted octanol–water partition coefficient (Wildman–Crippen LogP) is 0.345. The molecular weight excluding hydrogens is 206 g/mol. The van der Waals surface area contributed by atoms with E-state index in [2.05, 4.69) is 11.3 Å². The highest BCUT2D eigenvalue weighted by Crippen LogP contribution is 1.96. The lowest BCUT2D eigenvalue weighted by molar-refractivity contribution is -0.138. The van der Waals surface area contributed by atoms with Gasteiger partial charge in [0.05, 0.1) is 5.75 Å². The van der Waals surface area contributed by atoms with Crippen LogP contribution in [0.2, 0.25) is 0 Å². The molecule has 0 heterocycles. The van der Waals surface area contributed by atoms with Gasteiger partial charge in [-0.3, -0.25) is 4.79 Å². The molecule has 0 saturated heterocycles. The molecule has 0 aliphatic rings. The third-order valence-electron chi connectivity index (χ3n) is 1.55. The van der Waals surface area contributed by atoms with Crippen LogP contribution >= 0.6 is 0 Å². The van der Waals surface area contributed by atoms with Crippen molar-refractivity contribution in [2.75, 3.05) is 5.75 Å². The molecule has 0 rings (SSSR count). The summed E-state index contributed by atoms with van der Waals surface area (Å²) in [6.07, 6.45) is 2.67. The molecule has 0 aliphatic heterocycles. The topological polar surface area (TPSA) is 83.5 Å². The van der Waals surface area contributed by atoms with E-state index >= 15 is 0 Å². The van der Waals surface area contributed by atoms with Crippen LogP contribution in [0.4, 0.5) is 0 Å². The first-order valence-electron chi connectivity index (χ1n) is 4.23. The van der Waals surface area contributed by atoms with Gasteiger partial charge in [0, 0.05) is 0 Å². The highest BCUT2D eigenvalue weighted by Gasteiger charge is 2.18. The number of aliphatic carboxylic acids is 1. The summed E-state index contributed by atoms with van der Waals surface area (Å²) in [7, 11) is -3.48. The van der Waals surface area contributed by atoms with E-state index in [1.807, 2.05) is 0 Å². The van der Waals surface area contributed by atoms with Gasteiger partial charge in [-0.2, -0.15) is 0 Å². The van der Waals surface area contributed by atoms with Crippen LogP contribution in [0.1, 0.15) is 19.8 Å². The van der Waals surface area contributed by atoms with Gasteiger partial charge in [-0.1, -0.05) is 6.08 Å². The third kappa shape index (κ3) is 5.71. The van der Waals surface area contributed by atoms with Crippen LogP contribution in [0.3, 0.4) is 0 Å². The fraction of sp³-hybridized carbons (Fsp3) is 0.625. The Morgan fingerprint density at radius 1 is 1.64 bits per heavy atom. The molecule has 0 aromatic carbocycles. The van der Waals surface area contributed by atoms with Crippen molar-refractivity contribution in [3.8, 4) is 0 Å². The number of allylic oxidation sites excluding steroid dienone is 1. The largest absolute Gasteiger partial charge is 0.480 e. The van der Waals surface area contributed by atoms with Gasteiger partial charge < -0.3 is 5.11 Å². The molecule has 0 aliphatic carbocycles. The lowest BCUT2D eigenvalue weighted by Gasteiger charge is -2.09. The molecule has 2 N–H and O–H groups in total. The van der Waals surface area contributed by atoms with Crippen LogP contribution in [-0.4, -0.2) is 31.3 Å². The summed E-state index contributed by atoms with van der Waals surface area (Å²) in [5.41, 5.74) is 0. The first-order valence-corrected chi connectivity index (χ1v) is 5.88. The molecule has 0 radical (unpaired) electrons. The van der Waals surface area contributed by atoms with Crippen molar-refractivity contribution in [2.45, 2.75) is 25.8 Å². The van der Waals surface area contributed by atoms with Crippen molar-refractivity contribution in [3.05, 3.63) is 12.7 Å². The van der Waals surface area contributed by atoms with Gasteiger partial charge in [0.15, 0.2) is 0 Å². The van der Waals surface area contributed by atoms with E-state index in [-0.39, 0.29) is 5.75 Å². The zero-order chi connectivity index (χ0) is 11.2. The summed E-state index contributed by atoms with van der Waals surface area (Å²) in [6.45, 7) is 4.75. The zero-order valence-corrected chi connectivity index (χ0v) is 8.88. The van der Waals surface area contributed by atoms with Crippen LogP contribution in [0, 0.1) is 0 Å². The lowest BCUT2D eigenvalue weighted by atomic mass is 10.3. The smallest absolute Gasteiger partial charge is 0.321 e. The maximum atomic E-state index is 11.2. The van der Waals surface area contributed by atoms with Crippen molar-refractivity contribution in [1.29, 1.82) is 0 Å². The summed E-state index contributed by atoms with van der Waals surface area (Å²) < 4.78 is 24.5. The minimum absolute atomic E-state index is 0.0728. The number of unbranched alkanes of at least 4 members (excludes halogenated alkanes) is 1. The van der Waals surface area contributed by atoms with Gasteiger partial charge in [-0.05, 0) is 19.8 Å². The van der Waals surface area contributed by atoms with Crippen molar-refractivity contribution in [3.63, 3.8) is 0 Å². The first-order chi connectivity index (χ1) is 6.39. The van der Waals surface area contributed by atoms with Crippen molar-refractivity contribution in [1.82, 2.24) is 4.72 Å². The fourth-order valence-corrected chi connectivity index (χ4v) is 2.10. The Morgan fingerprint density at radius 3 is 2.64 bits per heavy atom. The minimum atomic E-state index is -3.48. The van der Waals surface area contributed by atoms with E-state index < -0.39 is 22.0 Å². The Labute approximate surface area is 83.9 Å². The lowest BCUT2D eigenvalue weighted by Crippen LogP contribution is -2.39. The Bertz CT molecular complexity index is 296. The monoisotopic (exact) mass is 221 g/mol. The standard InChI is InChI=1S/C8H15NO4S/c1-3-4-5-6-14(12,13)9-7(2)8(10)11/h3,7,9H,1,4-6H2,2H3,(H,10,11). The van der Waals surface area contributed by atoms with E-state index in [0.29, 0.717) is 12.8 Å². The average molecular weight is 221 g/mol. The first kappa shape index (κ1) is 13.1. The number of sulfonamides is 1. The summed E-state index contributed by atoms with van der Waals surface area (Å²) in [4.78, 5) is 10.4. The Kier molecular flexibility index (Phi) is 5.40. The number of carboxylic acids is 1. The molecule has 1 unspecified atom stereocenters. The maximum Gasteiger partial charge on any atom is 0.321 e. The molecule has 0 bridgehead atoms. The van der Waals surface area contributed by atoms with Crippen molar-refractivity contribution >= 4 is 16.0 Å². The highest BCUT2D eigenvalue weighted by molar-refractivity contribution is 7.89. The van der Waals surface area contributed by atoms with Crippen molar-refractivity contribution in [2.24, 2.45) is 0 Å². The van der Waals surface area contributed by atoms with Crippen LogP contribution in [-0.2, 0) is 14.8 Å². The van der Waals surface area contributed by atoms with Gasteiger partial charge in [0.2, 0.25) is 10.0 Å². The molecule has 0 amide bonds. The van der Waals surface area contributed by atoms with Gasteiger partial charge in [-0.25, -0.2) is 13.1 Å². The van der Waals surface area contributed by atoms with Crippen LogP contribution < -0.4 is 4.72 Å². The second kappa shape index (κ2) is 5.77. The molecular formula is C8H15NO4S. The zero-order valence-electron chi connectivity index (χ0n) is 8.06. The Balaban J connectivity index is 4.07. The van der Waals surface area contributed by atoms with Crippen LogP contribution in [0.5, 0.6) is 0 Å². The SMILES string of the molecule is C=CCCCS(=O)(=O)NC(C)C(=O)O. The van der Waals surface area contributed by atoms with E-state index in [4.69, 9.17) is 5.11 Å². The number of hydrogen-bond donors (Lipinski definition) is 2. The minimum Gasteiger partial charge on any atom is -0.480 e. The summed E-state index contributed by atoms with van der Waals surface area (Å²) in [5, 5.41) is 8.47. The molecule has 14 heavy (non-hydrogen) atoms. The van der Waals surface area contributed by atoms with E-state index in [1.165, 1.54) is 6.92 Å². The molecule has 0 aromatic rings. The Hall–Kier alpha value is -0.880. The van der Waals surface area contributed by atoms with E-state index in [0.717, 1.165) is 0 Å². The number of rotatable bonds is 7. The summed E-state index contributed by atoms with van der Waals surface area (Å²) in [6, 6.07) is -1.08. The predicted molar refractivity (Wildman–Crippen MR) is 53.5 cm³/mol. The van der Waals surface area contributed by atoms with Crippen LogP contribution in [0.15, 0.2) is 12.7 Å². The van der Waals surface area contributed by atoms with Gasteiger partial charge in [0.25, 0.3) is 0 Å². The number of carboxylic acid groups (broad SMARTS) is 1. The quantitative estimate of drug-likeness (QED) is 0.480. The van der Waals surface area contributed by atoms with Gasteiger partial charge >= 0.3 is 5.97 Å². The van der Waals surface area contributed by atoms with Crippen LogP contribution in [0.25, 0.3) is 0 Å². The molecule has 82 valence electrons. The maximum absolute atomic E-state index is 11.2. The fourth-order valence-electron chi connectivity index (χ4n) is 0.796. The second-order valence-electron chi connectivity index (χ2n) is 2.93. The molecule has 1 atom stereocenters. The van der Waals surface area contributed by atoms with E-state index in [9.17, 15) is 13.2 Å². The number of carbonyl (C=O) groups is 1. The van der Waals surface area contributed by atoms with Gasteiger partial charge in [-0.15, -0.1) is 6.58 Å². The summed E-state index contributed by atoms with van der Waals surface area (Å²) >= 11 is 0. The molecule has 0 saturated carbocycles. The molecule has 0 spiro atoms. The third-order valence-corrected chi connectivity index (χ3v) is 3.09. The number of hydrogen-bond acceptors (Lipinski definition) is 3. The van der Waals surface area contributed by atoms with Crippen molar-refractivity contribution < 1.29 is 18.3 Å². The molecule has 0 aromatic heterocycles. The normalized spacial score (nSPS) is 13.5. The Morgan fingerprint density at radius 2 is 2.21 bits per heavy atom. The second-order valence-corrected chi connectivity index (χ2v) is 4.80. The van der Waals surface area contributed by atoms with Gasteiger partial charge in [0.1, 0.15) is 6.04 Å². The van der Waals surface area contributed by atoms with E-state index in [1.54, 1.807) is 6.08 Å². The molecule has 5 nitrogen and oxygen atoms in total. The highest BCUT2D eigenvalue weighted by atomic mass is 32.2. The molecule has 0 fully saturated rings. The number of nitrogens with one attached hydrogen (secondary N) is 1.